The van der Waals surface area contributed by atoms with Gasteiger partial charge in [0.05, 0.1) is 10.7 Å². The summed E-state index contributed by atoms with van der Waals surface area (Å²) in [6, 6.07) is 10.4. The Bertz CT molecular complexity index is 634. The van der Waals surface area contributed by atoms with Gasteiger partial charge >= 0.3 is 6.03 Å². The van der Waals surface area contributed by atoms with Gasteiger partial charge in [0.2, 0.25) is 0 Å². The summed E-state index contributed by atoms with van der Waals surface area (Å²) in [7, 11) is 0. The van der Waals surface area contributed by atoms with E-state index in [2.05, 4.69) is 10.6 Å². The number of nitrogens with two attached hydrogens (primary N) is 1. The molecule has 104 valence electrons. The first kappa shape index (κ1) is 14.1. The summed E-state index contributed by atoms with van der Waals surface area (Å²) in [5, 5.41) is 5.55. The van der Waals surface area contributed by atoms with Crippen molar-refractivity contribution < 1.29 is 9.18 Å². The minimum atomic E-state index is -0.430. The number of hydrogen-bond acceptors (Lipinski definition) is 2. The molecular formula is C14H13ClFN3O. The van der Waals surface area contributed by atoms with E-state index < -0.39 is 6.03 Å². The van der Waals surface area contributed by atoms with Gasteiger partial charge in [-0.2, -0.15) is 0 Å². The van der Waals surface area contributed by atoms with E-state index in [4.69, 9.17) is 17.3 Å². The van der Waals surface area contributed by atoms with Crippen LogP contribution in [0.4, 0.5) is 20.6 Å². The highest BCUT2D eigenvalue weighted by molar-refractivity contribution is 6.34. The van der Waals surface area contributed by atoms with E-state index >= 15 is 0 Å². The molecule has 4 N–H and O–H groups in total. The first-order valence-electron chi connectivity index (χ1n) is 5.89. The molecule has 0 heterocycles. The van der Waals surface area contributed by atoms with Gasteiger partial charge < -0.3 is 16.4 Å². The van der Waals surface area contributed by atoms with Crippen molar-refractivity contribution in [3.63, 3.8) is 0 Å². The van der Waals surface area contributed by atoms with Crippen LogP contribution in [0, 0.1) is 5.82 Å². The zero-order valence-electron chi connectivity index (χ0n) is 10.5. The molecule has 0 atom stereocenters. The van der Waals surface area contributed by atoms with Crippen LogP contribution in [0.15, 0.2) is 42.5 Å². The Morgan fingerprint density at radius 2 is 2.05 bits per heavy atom. The molecule has 2 aromatic rings. The second-order valence-electron chi connectivity index (χ2n) is 4.18. The number of hydrogen-bond donors (Lipinski definition) is 3. The first-order chi connectivity index (χ1) is 9.54. The highest BCUT2D eigenvalue weighted by atomic mass is 35.5. The molecule has 0 saturated heterocycles. The monoisotopic (exact) mass is 293 g/mol. The van der Waals surface area contributed by atoms with Crippen LogP contribution in [-0.4, -0.2) is 6.03 Å². The van der Waals surface area contributed by atoms with Crippen molar-refractivity contribution in [2.45, 2.75) is 6.54 Å². The number of halogens is 2. The number of amides is 2. The zero-order valence-corrected chi connectivity index (χ0v) is 11.2. The first-order valence-corrected chi connectivity index (χ1v) is 6.27. The molecule has 4 nitrogen and oxygen atoms in total. The van der Waals surface area contributed by atoms with E-state index in [9.17, 15) is 9.18 Å². The highest BCUT2D eigenvalue weighted by Gasteiger charge is 2.05. The topological polar surface area (TPSA) is 67.1 Å². The van der Waals surface area contributed by atoms with Crippen LogP contribution in [0.2, 0.25) is 5.02 Å². The lowest BCUT2D eigenvalue weighted by Crippen LogP contribution is -2.28. The average Bonchev–Trinajstić information content (AvgIpc) is 2.40. The van der Waals surface area contributed by atoms with Crippen molar-refractivity contribution in [2.75, 3.05) is 11.1 Å². The molecule has 2 aromatic carbocycles. The lowest BCUT2D eigenvalue weighted by Gasteiger charge is -2.09. The number of anilines is 2. The lowest BCUT2D eigenvalue weighted by atomic mass is 10.2. The average molecular weight is 294 g/mol. The number of urea groups is 1. The summed E-state index contributed by atoms with van der Waals surface area (Å²) in [5.74, 6) is -0.341. The smallest absolute Gasteiger partial charge is 0.319 e. The second-order valence-corrected chi connectivity index (χ2v) is 4.58. The van der Waals surface area contributed by atoms with E-state index in [0.29, 0.717) is 22.0 Å². The fourth-order valence-corrected chi connectivity index (χ4v) is 1.86. The maximum absolute atomic E-state index is 13.0. The normalized spacial score (nSPS) is 10.1. The van der Waals surface area contributed by atoms with Crippen molar-refractivity contribution in [3.8, 4) is 0 Å². The second kappa shape index (κ2) is 6.25. The van der Waals surface area contributed by atoms with Gasteiger partial charge in [-0.3, -0.25) is 0 Å². The third-order valence-electron chi connectivity index (χ3n) is 2.58. The zero-order chi connectivity index (χ0) is 14.5. The Hall–Kier alpha value is -2.27. The summed E-state index contributed by atoms with van der Waals surface area (Å²) in [6.07, 6.45) is 0. The standard InChI is InChI=1S/C14H13ClFN3O/c15-12-7-11(17)4-5-13(12)19-14(20)18-8-9-2-1-3-10(16)6-9/h1-7H,8,17H2,(H2,18,19,20). The summed E-state index contributed by atoms with van der Waals surface area (Å²) < 4.78 is 13.0. The van der Waals surface area contributed by atoms with Gasteiger partial charge in [-0.25, -0.2) is 9.18 Å². The van der Waals surface area contributed by atoms with Gasteiger partial charge in [0.15, 0.2) is 0 Å². The van der Waals surface area contributed by atoms with Crippen LogP contribution in [0.25, 0.3) is 0 Å². The van der Waals surface area contributed by atoms with Crippen LogP contribution < -0.4 is 16.4 Å². The Balaban J connectivity index is 1.92. The van der Waals surface area contributed by atoms with E-state index in [-0.39, 0.29) is 12.4 Å². The van der Waals surface area contributed by atoms with Crippen LogP contribution in [0.1, 0.15) is 5.56 Å². The molecule has 20 heavy (non-hydrogen) atoms. The predicted molar refractivity (Wildman–Crippen MR) is 78.1 cm³/mol. The van der Waals surface area contributed by atoms with E-state index in [1.165, 1.54) is 12.1 Å². The molecule has 0 aliphatic heterocycles. The van der Waals surface area contributed by atoms with Crippen LogP contribution in [0.3, 0.4) is 0 Å². The molecule has 0 aliphatic carbocycles. The molecule has 6 heteroatoms. The van der Waals surface area contributed by atoms with Crippen LogP contribution in [-0.2, 0) is 6.54 Å². The Morgan fingerprint density at radius 1 is 1.25 bits per heavy atom. The highest BCUT2D eigenvalue weighted by Crippen LogP contribution is 2.23. The molecular weight excluding hydrogens is 281 g/mol. The fourth-order valence-electron chi connectivity index (χ4n) is 1.63. The van der Waals surface area contributed by atoms with Crippen molar-refractivity contribution in [1.82, 2.24) is 5.32 Å². The van der Waals surface area contributed by atoms with Gasteiger partial charge in [-0.15, -0.1) is 0 Å². The minimum Gasteiger partial charge on any atom is -0.399 e. The number of nitrogens with one attached hydrogen (secondary N) is 2. The number of carbonyl (C=O) groups excluding carboxylic acids is 1. The van der Waals surface area contributed by atoms with Crippen molar-refractivity contribution in [2.24, 2.45) is 0 Å². The molecule has 0 aliphatic rings. The molecule has 0 unspecified atom stereocenters. The molecule has 2 amide bonds. The van der Waals surface area contributed by atoms with Crippen LogP contribution >= 0.6 is 11.6 Å². The van der Waals surface area contributed by atoms with Crippen molar-refractivity contribution >= 4 is 29.0 Å². The van der Waals surface area contributed by atoms with Crippen molar-refractivity contribution in [3.05, 3.63) is 58.9 Å². The van der Waals surface area contributed by atoms with Crippen LogP contribution in [0.5, 0.6) is 0 Å². The largest absolute Gasteiger partial charge is 0.399 e. The summed E-state index contributed by atoms with van der Waals surface area (Å²) in [5.41, 5.74) is 7.20. The summed E-state index contributed by atoms with van der Waals surface area (Å²) >= 11 is 5.94. The maximum Gasteiger partial charge on any atom is 0.319 e. The van der Waals surface area contributed by atoms with E-state index in [1.807, 2.05) is 0 Å². The van der Waals surface area contributed by atoms with Crippen molar-refractivity contribution in [1.29, 1.82) is 0 Å². The number of carbonyl (C=O) groups is 1. The molecule has 0 radical (unpaired) electrons. The fraction of sp³-hybridized carbons (Fsp3) is 0.0714. The molecule has 0 aromatic heterocycles. The quantitative estimate of drug-likeness (QED) is 0.759. The molecule has 0 fully saturated rings. The van der Waals surface area contributed by atoms with Gasteiger partial charge in [-0.05, 0) is 35.9 Å². The lowest BCUT2D eigenvalue weighted by molar-refractivity contribution is 0.251. The predicted octanol–water partition coefficient (Wildman–Crippen LogP) is 3.38. The molecule has 0 bridgehead atoms. The number of benzene rings is 2. The number of nitrogen functional groups attached to an aromatic ring is 1. The van der Waals surface area contributed by atoms with Gasteiger partial charge in [0.1, 0.15) is 5.82 Å². The maximum atomic E-state index is 13.0. The third kappa shape index (κ3) is 3.86. The third-order valence-corrected chi connectivity index (χ3v) is 2.90. The number of rotatable bonds is 3. The Labute approximate surface area is 120 Å². The SMILES string of the molecule is Nc1ccc(NC(=O)NCc2cccc(F)c2)c(Cl)c1. The van der Waals surface area contributed by atoms with E-state index in [0.717, 1.165) is 0 Å². The van der Waals surface area contributed by atoms with E-state index in [1.54, 1.807) is 30.3 Å². The summed E-state index contributed by atoms with van der Waals surface area (Å²) in [6.45, 7) is 0.218. The van der Waals surface area contributed by atoms with Gasteiger partial charge in [0, 0.05) is 12.2 Å². The summed E-state index contributed by atoms with van der Waals surface area (Å²) in [4.78, 5) is 11.7. The Kier molecular flexibility index (Phi) is 4.42. The van der Waals surface area contributed by atoms with Gasteiger partial charge in [-0.1, -0.05) is 23.7 Å². The minimum absolute atomic E-state index is 0.218. The molecule has 0 saturated carbocycles. The Morgan fingerprint density at radius 3 is 2.75 bits per heavy atom. The molecule has 2 rings (SSSR count). The molecule has 0 spiro atoms. The van der Waals surface area contributed by atoms with Gasteiger partial charge in [0.25, 0.3) is 0 Å².